The zero-order valence-corrected chi connectivity index (χ0v) is 13.1. The summed E-state index contributed by atoms with van der Waals surface area (Å²) in [6.45, 7) is 4.96. The van der Waals surface area contributed by atoms with Gasteiger partial charge in [-0.15, -0.1) is 0 Å². The van der Waals surface area contributed by atoms with Crippen LogP contribution >= 0.6 is 0 Å². The number of carbonyl (C=O) groups excluding carboxylic acids is 1. The van der Waals surface area contributed by atoms with Gasteiger partial charge >= 0.3 is 0 Å². The van der Waals surface area contributed by atoms with Gasteiger partial charge in [0.15, 0.2) is 0 Å². The molecule has 2 aromatic heterocycles. The molecule has 0 saturated carbocycles. The summed E-state index contributed by atoms with van der Waals surface area (Å²) in [6.07, 6.45) is 3.00. The maximum Gasteiger partial charge on any atom is 0.256 e. The Hall–Kier alpha value is -2.64. The zero-order valence-electron chi connectivity index (χ0n) is 13.1. The molecule has 8 heteroatoms. The molecule has 2 aromatic rings. The van der Waals surface area contributed by atoms with E-state index in [0.717, 1.165) is 25.9 Å². The topological polar surface area (TPSA) is 104 Å². The Kier molecular flexibility index (Phi) is 4.14. The van der Waals surface area contributed by atoms with Crippen LogP contribution in [-0.2, 0) is 0 Å². The third-order valence-corrected chi connectivity index (χ3v) is 3.98. The Morgan fingerprint density at radius 2 is 2.13 bits per heavy atom. The summed E-state index contributed by atoms with van der Waals surface area (Å²) in [5.41, 5.74) is 1.02. The van der Waals surface area contributed by atoms with Gasteiger partial charge in [-0.1, -0.05) is 5.16 Å². The van der Waals surface area contributed by atoms with Gasteiger partial charge < -0.3 is 14.7 Å². The van der Waals surface area contributed by atoms with Crippen LogP contribution in [0.2, 0.25) is 0 Å². The minimum absolute atomic E-state index is 0.0876. The van der Waals surface area contributed by atoms with Crippen molar-refractivity contribution >= 4 is 11.9 Å². The molecule has 0 aromatic carbocycles. The first-order chi connectivity index (χ1) is 11.0. The molecule has 1 amide bonds. The molecule has 1 aliphatic rings. The number of aromatic nitrogens is 3. The lowest BCUT2D eigenvalue weighted by Gasteiger charge is -2.32. The number of nitrogens with zero attached hydrogens (tertiary/aromatic N) is 3. The van der Waals surface area contributed by atoms with Gasteiger partial charge in [-0.3, -0.25) is 14.6 Å². The molecule has 3 rings (SSSR count). The fourth-order valence-corrected chi connectivity index (χ4v) is 2.73. The Morgan fingerprint density at radius 3 is 2.74 bits per heavy atom. The summed E-state index contributed by atoms with van der Waals surface area (Å²) < 4.78 is 4.91. The molecular formula is C15H19N5O3. The summed E-state index contributed by atoms with van der Waals surface area (Å²) in [4.78, 5) is 32.8. The number of piperidine rings is 1. The Morgan fingerprint density at radius 1 is 1.39 bits per heavy atom. The molecule has 1 saturated heterocycles. The largest absolute Gasteiger partial charge is 0.361 e. The minimum Gasteiger partial charge on any atom is -0.361 e. The fourth-order valence-electron chi connectivity index (χ4n) is 2.73. The van der Waals surface area contributed by atoms with Gasteiger partial charge in [0, 0.05) is 30.9 Å². The second-order valence-corrected chi connectivity index (χ2v) is 5.74. The molecule has 0 unspecified atom stereocenters. The average molecular weight is 317 g/mol. The molecule has 0 bridgehead atoms. The van der Waals surface area contributed by atoms with Gasteiger partial charge in [0.25, 0.3) is 11.5 Å². The zero-order chi connectivity index (χ0) is 16.4. The van der Waals surface area contributed by atoms with Crippen molar-refractivity contribution in [1.82, 2.24) is 20.4 Å². The van der Waals surface area contributed by atoms with E-state index in [4.69, 9.17) is 4.52 Å². The monoisotopic (exact) mass is 317 g/mol. The second-order valence-electron chi connectivity index (χ2n) is 5.74. The molecule has 8 nitrogen and oxygen atoms in total. The van der Waals surface area contributed by atoms with Crippen LogP contribution in [-0.4, -0.2) is 40.2 Å². The van der Waals surface area contributed by atoms with Crippen molar-refractivity contribution in [3.63, 3.8) is 0 Å². The molecular weight excluding hydrogens is 298 g/mol. The number of nitrogens with one attached hydrogen (secondary N) is 2. The first-order valence-corrected chi connectivity index (χ1v) is 7.58. The lowest BCUT2D eigenvalue weighted by Crippen LogP contribution is -2.45. The van der Waals surface area contributed by atoms with Crippen LogP contribution in [0.1, 0.15) is 34.7 Å². The summed E-state index contributed by atoms with van der Waals surface area (Å²) in [7, 11) is 0. The van der Waals surface area contributed by atoms with Gasteiger partial charge in [0.05, 0.1) is 6.20 Å². The van der Waals surface area contributed by atoms with Crippen LogP contribution in [0.5, 0.6) is 0 Å². The predicted molar refractivity (Wildman–Crippen MR) is 83.5 cm³/mol. The van der Waals surface area contributed by atoms with Crippen molar-refractivity contribution in [1.29, 1.82) is 0 Å². The van der Waals surface area contributed by atoms with Crippen molar-refractivity contribution < 1.29 is 9.32 Å². The fraction of sp³-hybridized carbons (Fsp3) is 0.467. The summed E-state index contributed by atoms with van der Waals surface area (Å²) in [6, 6.07) is 1.56. The first-order valence-electron chi connectivity index (χ1n) is 7.58. The molecule has 23 heavy (non-hydrogen) atoms. The van der Waals surface area contributed by atoms with Crippen molar-refractivity contribution in [2.75, 3.05) is 18.0 Å². The number of rotatable bonds is 3. The molecule has 3 heterocycles. The highest BCUT2D eigenvalue weighted by molar-refractivity contribution is 5.94. The summed E-state index contributed by atoms with van der Waals surface area (Å²) in [5.74, 6) is 0.945. The third-order valence-electron chi connectivity index (χ3n) is 3.98. The maximum atomic E-state index is 12.2. The molecule has 0 atom stereocenters. The van der Waals surface area contributed by atoms with Gasteiger partial charge in [0.1, 0.15) is 11.3 Å². The van der Waals surface area contributed by atoms with E-state index in [-0.39, 0.29) is 17.5 Å². The molecule has 0 radical (unpaired) electrons. The first kappa shape index (κ1) is 15.3. The van der Waals surface area contributed by atoms with E-state index >= 15 is 0 Å². The van der Waals surface area contributed by atoms with Gasteiger partial charge in [-0.25, -0.2) is 4.98 Å². The van der Waals surface area contributed by atoms with E-state index in [9.17, 15) is 9.59 Å². The summed E-state index contributed by atoms with van der Waals surface area (Å²) in [5, 5.41) is 6.62. The smallest absolute Gasteiger partial charge is 0.256 e. The molecule has 0 spiro atoms. The van der Waals surface area contributed by atoms with Crippen LogP contribution in [0.4, 0.5) is 5.95 Å². The average Bonchev–Trinajstić information content (AvgIpc) is 2.93. The molecule has 1 aliphatic heterocycles. The Bertz CT molecular complexity index is 758. The maximum absolute atomic E-state index is 12.2. The lowest BCUT2D eigenvalue weighted by molar-refractivity contribution is 0.0929. The van der Waals surface area contributed by atoms with E-state index in [0.29, 0.717) is 23.0 Å². The molecule has 2 N–H and O–H groups in total. The normalized spacial score (nSPS) is 15.7. The van der Waals surface area contributed by atoms with Crippen LogP contribution in [0.15, 0.2) is 21.6 Å². The number of aromatic amines is 1. The lowest BCUT2D eigenvalue weighted by atomic mass is 10.0. The van der Waals surface area contributed by atoms with E-state index in [1.54, 1.807) is 13.8 Å². The number of carbonyl (C=O) groups is 1. The number of anilines is 1. The predicted octanol–water partition coefficient (Wildman–Crippen LogP) is 0.774. The highest BCUT2D eigenvalue weighted by Crippen LogP contribution is 2.16. The van der Waals surface area contributed by atoms with E-state index in [2.05, 4.69) is 20.4 Å². The molecule has 1 fully saturated rings. The van der Waals surface area contributed by atoms with E-state index in [1.807, 2.05) is 4.90 Å². The van der Waals surface area contributed by atoms with Crippen molar-refractivity contribution in [3.8, 4) is 0 Å². The molecule has 0 aliphatic carbocycles. The van der Waals surface area contributed by atoms with Crippen molar-refractivity contribution in [3.05, 3.63) is 39.6 Å². The highest BCUT2D eigenvalue weighted by Gasteiger charge is 2.23. The standard InChI is InChI=1S/C15H19N5O3/c1-9-7-13(21)19-15(17-9)20-5-3-11(4-6-20)18-14(22)12-8-16-23-10(12)2/h7-8,11H,3-6H2,1-2H3,(H,18,22)(H,17,19,21). The number of hydrogen-bond donors (Lipinski definition) is 2. The number of hydrogen-bond acceptors (Lipinski definition) is 6. The van der Waals surface area contributed by atoms with E-state index < -0.39 is 0 Å². The van der Waals surface area contributed by atoms with Crippen LogP contribution in [0, 0.1) is 13.8 Å². The quantitative estimate of drug-likeness (QED) is 0.866. The van der Waals surface area contributed by atoms with Crippen LogP contribution < -0.4 is 15.8 Å². The number of amides is 1. The van der Waals surface area contributed by atoms with Crippen LogP contribution in [0.25, 0.3) is 0 Å². The van der Waals surface area contributed by atoms with Gasteiger partial charge in [0.2, 0.25) is 5.95 Å². The SMILES string of the molecule is Cc1cc(=O)[nH]c(N2CCC(NC(=O)c3cnoc3C)CC2)n1. The van der Waals surface area contributed by atoms with Crippen LogP contribution in [0.3, 0.4) is 0 Å². The highest BCUT2D eigenvalue weighted by atomic mass is 16.5. The third kappa shape index (κ3) is 3.41. The second kappa shape index (κ2) is 6.23. The van der Waals surface area contributed by atoms with E-state index in [1.165, 1.54) is 12.3 Å². The Balaban J connectivity index is 1.59. The number of aryl methyl sites for hydroxylation is 2. The summed E-state index contributed by atoms with van der Waals surface area (Å²) >= 11 is 0. The minimum atomic E-state index is -0.163. The Labute approximate surface area is 132 Å². The number of H-pyrrole nitrogens is 1. The van der Waals surface area contributed by atoms with Gasteiger partial charge in [-0.2, -0.15) is 0 Å². The van der Waals surface area contributed by atoms with Crippen molar-refractivity contribution in [2.45, 2.75) is 32.7 Å². The van der Waals surface area contributed by atoms with Crippen molar-refractivity contribution in [2.24, 2.45) is 0 Å². The van der Waals surface area contributed by atoms with Gasteiger partial charge in [-0.05, 0) is 26.7 Å². The molecule has 122 valence electrons.